The Morgan fingerprint density at radius 2 is 1.67 bits per heavy atom. The van der Waals surface area contributed by atoms with E-state index in [0.717, 1.165) is 62.6 Å². The Labute approximate surface area is 161 Å². The van der Waals surface area contributed by atoms with Crippen molar-refractivity contribution in [1.82, 2.24) is 4.90 Å². The van der Waals surface area contributed by atoms with Crippen LogP contribution in [-0.4, -0.2) is 43.5 Å². The number of halogens is 3. The van der Waals surface area contributed by atoms with Gasteiger partial charge in [0.25, 0.3) is 0 Å². The Morgan fingerprint density at radius 3 is 2.21 bits per heavy atom. The van der Waals surface area contributed by atoms with Crippen LogP contribution < -0.4 is 10.6 Å². The Bertz CT molecular complexity index is 542. The lowest BCUT2D eigenvalue weighted by molar-refractivity contribution is -0.141. The van der Waals surface area contributed by atoms with Crippen molar-refractivity contribution in [1.29, 1.82) is 0 Å². The molecule has 1 aliphatic heterocycles. The maximum Gasteiger partial charge on any atom is 0.230 e. The third-order valence-electron chi connectivity index (χ3n) is 5.17. The number of carbonyl (C=O) groups is 1. The zero-order chi connectivity index (χ0) is 15.6. The van der Waals surface area contributed by atoms with Gasteiger partial charge in [-0.2, -0.15) is 0 Å². The number of carbonyl (C=O) groups excluding carboxylic acids is 1. The van der Waals surface area contributed by atoms with Crippen LogP contribution in [0.3, 0.4) is 0 Å². The molecule has 2 fully saturated rings. The molecule has 0 atom stereocenters. The van der Waals surface area contributed by atoms with Crippen molar-refractivity contribution in [2.75, 3.05) is 37.6 Å². The summed E-state index contributed by atoms with van der Waals surface area (Å²) in [5, 5.41) is 0.775. The fourth-order valence-electron chi connectivity index (χ4n) is 3.75. The average Bonchev–Trinajstić information content (AvgIpc) is 3.05. The van der Waals surface area contributed by atoms with Crippen LogP contribution in [0.15, 0.2) is 24.3 Å². The molecule has 1 saturated carbocycles. The van der Waals surface area contributed by atoms with Gasteiger partial charge < -0.3 is 15.5 Å². The van der Waals surface area contributed by atoms with Gasteiger partial charge >= 0.3 is 0 Å². The predicted octanol–water partition coefficient (Wildman–Crippen LogP) is 3.35. The molecule has 24 heavy (non-hydrogen) atoms. The molecule has 0 spiro atoms. The molecule has 0 bridgehead atoms. The second-order valence-corrected chi connectivity index (χ2v) is 6.83. The summed E-state index contributed by atoms with van der Waals surface area (Å²) in [5.41, 5.74) is 6.71. The Morgan fingerprint density at radius 1 is 1.08 bits per heavy atom. The van der Waals surface area contributed by atoms with Crippen LogP contribution in [0.5, 0.6) is 0 Å². The zero-order valence-corrected chi connectivity index (χ0v) is 16.1. The summed E-state index contributed by atoms with van der Waals surface area (Å²) in [6.07, 6.45) is 4.16. The summed E-state index contributed by atoms with van der Waals surface area (Å²) in [4.78, 5) is 17.1. The third kappa shape index (κ3) is 4.10. The van der Waals surface area contributed by atoms with E-state index in [2.05, 4.69) is 4.90 Å². The van der Waals surface area contributed by atoms with Crippen LogP contribution in [-0.2, 0) is 4.79 Å². The molecule has 1 amide bonds. The van der Waals surface area contributed by atoms with E-state index in [1.807, 2.05) is 29.2 Å². The number of hydrogen-bond acceptors (Lipinski definition) is 3. The van der Waals surface area contributed by atoms with Gasteiger partial charge in [0, 0.05) is 32.7 Å². The van der Waals surface area contributed by atoms with Gasteiger partial charge in [0.05, 0.1) is 16.1 Å². The van der Waals surface area contributed by atoms with Crippen molar-refractivity contribution in [3.05, 3.63) is 29.3 Å². The molecule has 4 nitrogen and oxygen atoms in total. The largest absolute Gasteiger partial charge is 0.367 e. The lowest BCUT2D eigenvalue weighted by Gasteiger charge is -2.40. The van der Waals surface area contributed by atoms with Crippen molar-refractivity contribution in [2.45, 2.75) is 25.7 Å². The fourth-order valence-corrected chi connectivity index (χ4v) is 4.01. The molecule has 1 aromatic rings. The number of para-hydroxylation sites is 1. The standard InChI is InChI=1S/C17H24ClN3O.2ClH/c18-14-5-1-2-6-15(14)20-9-11-21(12-10-20)16(22)17(13-19)7-3-4-8-17;;/h1-2,5-6H,3-4,7-13,19H2;2*1H. The average molecular weight is 395 g/mol. The van der Waals surface area contributed by atoms with Crippen LogP contribution in [0.4, 0.5) is 5.69 Å². The summed E-state index contributed by atoms with van der Waals surface area (Å²) in [5.74, 6) is 0.270. The van der Waals surface area contributed by atoms with E-state index in [1.54, 1.807) is 0 Å². The molecule has 1 aromatic carbocycles. The highest BCUT2D eigenvalue weighted by Crippen LogP contribution is 2.39. The van der Waals surface area contributed by atoms with Crippen LogP contribution >= 0.6 is 36.4 Å². The monoisotopic (exact) mass is 393 g/mol. The molecular formula is C17H26Cl3N3O. The van der Waals surface area contributed by atoms with Gasteiger partial charge in [-0.15, -0.1) is 24.8 Å². The lowest BCUT2D eigenvalue weighted by atomic mass is 9.84. The van der Waals surface area contributed by atoms with Crippen LogP contribution in [0.25, 0.3) is 0 Å². The maximum absolute atomic E-state index is 12.9. The van der Waals surface area contributed by atoms with E-state index in [4.69, 9.17) is 17.3 Å². The molecular weight excluding hydrogens is 369 g/mol. The van der Waals surface area contributed by atoms with E-state index in [0.29, 0.717) is 6.54 Å². The van der Waals surface area contributed by atoms with Crippen molar-refractivity contribution < 1.29 is 4.79 Å². The number of benzene rings is 1. The van der Waals surface area contributed by atoms with Crippen LogP contribution in [0, 0.1) is 5.41 Å². The summed E-state index contributed by atoms with van der Waals surface area (Å²) >= 11 is 6.27. The van der Waals surface area contributed by atoms with Crippen molar-refractivity contribution in [3.8, 4) is 0 Å². The first-order chi connectivity index (χ1) is 10.7. The minimum atomic E-state index is -0.285. The molecule has 1 saturated heterocycles. The molecule has 2 aliphatic rings. The van der Waals surface area contributed by atoms with Gasteiger partial charge in [0.15, 0.2) is 0 Å². The van der Waals surface area contributed by atoms with Crippen molar-refractivity contribution >= 4 is 48.0 Å². The minimum Gasteiger partial charge on any atom is -0.367 e. The zero-order valence-electron chi connectivity index (χ0n) is 13.7. The highest BCUT2D eigenvalue weighted by Gasteiger charge is 2.42. The first-order valence-electron chi connectivity index (χ1n) is 8.15. The second-order valence-electron chi connectivity index (χ2n) is 6.42. The van der Waals surface area contributed by atoms with E-state index in [-0.39, 0.29) is 36.1 Å². The molecule has 0 radical (unpaired) electrons. The molecule has 0 aromatic heterocycles. The fraction of sp³-hybridized carbons (Fsp3) is 0.588. The van der Waals surface area contributed by atoms with E-state index in [9.17, 15) is 4.79 Å². The molecule has 2 N–H and O–H groups in total. The van der Waals surface area contributed by atoms with Crippen molar-refractivity contribution in [3.63, 3.8) is 0 Å². The minimum absolute atomic E-state index is 0. The summed E-state index contributed by atoms with van der Waals surface area (Å²) < 4.78 is 0. The van der Waals surface area contributed by atoms with Crippen LogP contribution in [0.2, 0.25) is 5.02 Å². The summed E-state index contributed by atoms with van der Waals surface area (Å²) in [7, 11) is 0. The number of amides is 1. The van der Waals surface area contributed by atoms with Gasteiger partial charge in [0.2, 0.25) is 5.91 Å². The van der Waals surface area contributed by atoms with Gasteiger partial charge in [-0.05, 0) is 25.0 Å². The molecule has 1 heterocycles. The molecule has 7 heteroatoms. The molecule has 3 rings (SSSR count). The van der Waals surface area contributed by atoms with Gasteiger partial charge in [0.1, 0.15) is 0 Å². The smallest absolute Gasteiger partial charge is 0.230 e. The van der Waals surface area contributed by atoms with E-state index >= 15 is 0 Å². The Balaban J connectivity index is 0.00000144. The van der Waals surface area contributed by atoms with Gasteiger partial charge in [-0.25, -0.2) is 0 Å². The lowest BCUT2D eigenvalue weighted by Crippen LogP contribution is -2.54. The quantitative estimate of drug-likeness (QED) is 0.855. The number of hydrogen-bond donors (Lipinski definition) is 1. The van der Waals surface area contributed by atoms with Gasteiger partial charge in [-0.1, -0.05) is 36.6 Å². The Hall–Kier alpha value is -0.680. The second kappa shape index (κ2) is 9.14. The number of anilines is 1. The number of nitrogens with zero attached hydrogens (tertiary/aromatic N) is 2. The SMILES string of the molecule is Cl.Cl.NCC1(C(=O)N2CCN(c3ccccc3Cl)CC2)CCCC1. The highest BCUT2D eigenvalue weighted by molar-refractivity contribution is 6.33. The van der Waals surface area contributed by atoms with E-state index in [1.165, 1.54) is 0 Å². The number of piperazine rings is 1. The highest BCUT2D eigenvalue weighted by atomic mass is 35.5. The first kappa shape index (κ1) is 21.4. The predicted molar refractivity (Wildman–Crippen MR) is 105 cm³/mol. The molecule has 0 unspecified atom stereocenters. The summed E-state index contributed by atoms with van der Waals surface area (Å²) in [6, 6.07) is 7.89. The topological polar surface area (TPSA) is 49.6 Å². The normalized spacial score (nSPS) is 19.4. The van der Waals surface area contributed by atoms with Crippen molar-refractivity contribution in [2.24, 2.45) is 11.1 Å². The third-order valence-corrected chi connectivity index (χ3v) is 5.48. The first-order valence-corrected chi connectivity index (χ1v) is 8.53. The molecule has 1 aliphatic carbocycles. The van der Waals surface area contributed by atoms with Gasteiger partial charge in [-0.3, -0.25) is 4.79 Å². The number of rotatable bonds is 3. The van der Waals surface area contributed by atoms with E-state index < -0.39 is 0 Å². The number of nitrogens with two attached hydrogens (primary N) is 1. The summed E-state index contributed by atoms with van der Waals surface area (Å²) in [6.45, 7) is 3.65. The Kier molecular flexibility index (Phi) is 8.13. The maximum atomic E-state index is 12.9. The van der Waals surface area contributed by atoms with Crippen LogP contribution in [0.1, 0.15) is 25.7 Å². The molecule has 136 valence electrons.